The molecule has 126 valence electrons. The van der Waals surface area contributed by atoms with Crippen LogP contribution in [0.1, 0.15) is 42.3 Å². The molecule has 2 aromatic carbocycles. The van der Waals surface area contributed by atoms with E-state index in [-0.39, 0.29) is 16.7 Å². The van der Waals surface area contributed by atoms with E-state index in [4.69, 9.17) is 0 Å². The van der Waals surface area contributed by atoms with E-state index in [2.05, 4.69) is 55.6 Å². The number of carbonyl (C=O) groups excluding carboxylic acids is 1. The Balaban J connectivity index is 1.96. The number of hydrogen-bond acceptors (Lipinski definition) is 3. The summed E-state index contributed by atoms with van der Waals surface area (Å²) in [6, 6.07) is 14.9. The van der Waals surface area contributed by atoms with Crippen LogP contribution in [0.25, 0.3) is 0 Å². The molecule has 0 fully saturated rings. The first-order chi connectivity index (χ1) is 11.4. The van der Waals surface area contributed by atoms with Gasteiger partial charge in [0.15, 0.2) is 0 Å². The lowest BCUT2D eigenvalue weighted by molar-refractivity contribution is 0.0952. The number of phenols is 1. The van der Waals surface area contributed by atoms with Gasteiger partial charge in [0, 0.05) is 11.6 Å². The van der Waals surface area contributed by atoms with Crippen molar-refractivity contribution in [3.8, 4) is 5.75 Å². The van der Waals surface area contributed by atoms with Crippen molar-refractivity contribution >= 4 is 12.1 Å². The summed E-state index contributed by atoms with van der Waals surface area (Å²) in [5.41, 5.74) is 5.04. The summed E-state index contributed by atoms with van der Waals surface area (Å²) in [6.45, 7) is 6.27. The number of amides is 1. The Morgan fingerprint density at radius 2 is 1.75 bits per heavy atom. The summed E-state index contributed by atoms with van der Waals surface area (Å²) in [4.78, 5) is 12.0. The quantitative estimate of drug-likeness (QED) is 0.624. The fourth-order valence-electron chi connectivity index (χ4n) is 2.46. The minimum Gasteiger partial charge on any atom is -0.507 e. The molecule has 0 aliphatic heterocycles. The van der Waals surface area contributed by atoms with Crippen LogP contribution in [0.3, 0.4) is 0 Å². The van der Waals surface area contributed by atoms with Crippen LogP contribution < -0.4 is 5.43 Å². The molecule has 4 heteroatoms. The van der Waals surface area contributed by atoms with E-state index in [9.17, 15) is 9.90 Å². The second-order valence-electron chi connectivity index (χ2n) is 6.55. The Morgan fingerprint density at radius 3 is 2.38 bits per heavy atom. The third-order valence-corrected chi connectivity index (χ3v) is 3.82. The molecule has 0 aliphatic carbocycles. The van der Waals surface area contributed by atoms with Crippen LogP contribution in [0.5, 0.6) is 5.75 Å². The van der Waals surface area contributed by atoms with E-state index in [1.165, 1.54) is 17.2 Å². The van der Waals surface area contributed by atoms with Gasteiger partial charge < -0.3 is 5.11 Å². The van der Waals surface area contributed by atoms with E-state index in [0.29, 0.717) is 0 Å². The number of nitrogens with zero attached hydrogens (tertiary/aromatic N) is 1. The summed E-state index contributed by atoms with van der Waals surface area (Å²) >= 11 is 0. The van der Waals surface area contributed by atoms with Gasteiger partial charge in [-0.2, -0.15) is 5.10 Å². The van der Waals surface area contributed by atoms with Gasteiger partial charge in [0.05, 0.1) is 5.56 Å². The fraction of sp³-hybridized carbons (Fsp3) is 0.300. The molecule has 4 nitrogen and oxygen atoms in total. The fourth-order valence-corrected chi connectivity index (χ4v) is 2.46. The van der Waals surface area contributed by atoms with Gasteiger partial charge in [-0.25, -0.2) is 5.43 Å². The largest absolute Gasteiger partial charge is 0.507 e. The lowest BCUT2D eigenvalue weighted by atomic mass is 9.87. The smallest absolute Gasteiger partial charge is 0.275 e. The van der Waals surface area contributed by atoms with Crippen molar-refractivity contribution in [2.45, 2.75) is 33.6 Å². The SMILES string of the molecule is CCc1ccc(CC(C)(C)/C=N/NC(=O)c2ccccc2O)cc1. The Morgan fingerprint density at radius 1 is 1.12 bits per heavy atom. The lowest BCUT2D eigenvalue weighted by Gasteiger charge is -2.19. The van der Waals surface area contributed by atoms with E-state index in [1.54, 1.807) is 24.4 Å². The van der Waals surface area contributed by atoms with Crippen molar-refractivity contribution in [1.82, 2.24) is 5.43 Å². The summed E-state index contributed by atoms with van der Waals surface area (Å²) in [6.07, 6.45) is 3.59. The normalized spacial score (nSPS) is 11.6. The highest BCUT2D eigenvalue weighted by Gasteiger charge is 2.16. The molecule has 0 aromatic heterocycles. The summed E-state index contributed by atoms with van der Waals surface area (Å²) < 4.78 is 0. The number of para-hydroxylation sites is 1. The molecular formula is C20H24N2O2. The molecule has 0 saturated heterocycles. The number of phenolic OH excluding ortho intramolecular Hbond substituents is 1. The first-order valence-corrected chi connectivity index (χ1v) is 8.11. The van der Waals surface area contributed by atoms with Crippen molar-refractivity contribution in [1.29, 1.82) is 0 Å². The summed E-state index contributed by atoms with van der Waals surface area (Å²) in [5.74, 6) is -0.479. The lowest BCUT2D eigenvalue weighted by Crippen LogP contribution is -2.22. The average Bonchev–Trinajstić information content (AvgIpc) is 2.55. The minimum atomic E-state index is -0.424. The van der Waals surface area contributed by atoms with Gasteiger partial charge in [-0.1, -0.05) is 57.2 Å². The van der Waals surface area contributed by atoms with Crippen LogP contribution in [0, 0.1) is 5.41 Å². The van der Waals surface area contributed by atoms with Gasteiger partial charge >= 0.3 is 0 Å². The minimum absolute atomic E-state index is 0.0551. The highest BCUT2D eigenvalue weighted by Crippen LogP contribution is 2.20. The van der Waals surface area contributed by atoms with Crippen LogP contribution in [0.2, 0.25) is 0 Å². The molecule has 0 unspecified atom stereocenters. The van der Waals surface area contributed by atoms with Gasteiger partial charge in [-0.05, 0) is 36.1 Å². The molecule has 0 radical (unpaired) electrons. The first kappa shape index (κ1) is 17.7. The second-order valence-corrected chi connectivity index (χ2v) is 6.55. The van der Waals surface area contributed by atoms with Crippen LogP contribution in [-0.4, -0.2) is 17.2 Å². The molecule has 2 rings (SSSR count). The van der Waals surface area contributed by atoms with Crippen LogP contribution in [0.4, 0.5) is 0 Å². The molecule has 2 N–H and O–H groups in total. The van der Waals surface area contributed by atoms with Gasteiger partial charge in [-0.3, -0.25) is 4.79 Å². The third-order valence-electron chi connectivity index (χ3n) is 3.82. The van der Waals surface area contributed by atoms with Crippen molar-refractivity contribution in [3.63, 3.8) is 0 Å². The summed E-state index contributed by atoms with van der Waals surface area (Å²) in [7, 11) is 0. The van der Waals surface area contributed by atoms with Gasteiger partial charge in [0.25, 0.3) is 5.91 Å². The topological polar surface area (TPSA) is 61.7 Å². The molecule has 0 atom stereocenters. The number of rotatable bonds is 6. The van der Waals surface area contributed by atoms with E-state index >= 15 is 0 Å². The maximum atomic E-state index is 12.0. The van der Waals surface area contributed by atoms with E-state index < -0.39 is 5.91 Å². The van der Waals surface area contributed by atoms with Crippen LogP contribution in [0.15, 0.2) is 53.6 Å². The average molecular weight is 324 g/mol. The molecule has 0 saturated carbocycles. The third kappa shape index (κ3) is 4.95. The molecule has 1 amide bonds. The number of benzene rings is 2. The molecule has 24 heavy (non-hydrogen) atoms. The number of hydrazone groups is 1. The number of carbonyl (C=O) groups is 1. The molecule has 0 aliphatic rings. The Kier molecular flexibility index (Phi) is 5.74. The van der Waals surface area contributed by atoms with Gasteiger partial charge in [0.1, 0.15) is 5.75 Å². The number of aromatic hydroxyl groups is 1. The maximum absolute atomic E-state index is 12.0. The first-order valence-electron chi connectivity index (χ1n) is 8.11. The van der Waals surface area contributed by atoms with Crippen molar-refractivity contribution in [2.75, 3.05) is 0 Å². The number of aryl methyl sites for hydroxylation is 1. The Labute approximate surface area is 143 Å². The van der Waals surface area contributed by atoms with Crippen LogP contribution in [-0.2, 0) is 12.8 Å². The van der Waals surface area contributed by atoms with Crippen molar-refractivity contribution < 1.29 is 9.90 Å². The van der Waals surface area contributed by atoms with Gasteiger partial charge in [0.2, 0.25) is 0 Å². The highest BCUT2D eigenvalue weighted by atomic mass is 16.3. The molecule has 0 spiro atoms. The zero-order valence-electron chi connectivity index (χ0n) is 14.4. The van der Waals surface area contributed by atoms with Crippen LogP contribution >= 0.6 is 0 Å². The zero-order chi connectivity index (χ0) is 17.6. The molecule has 0 bridgehead atoms. The highest BCUT2D eigenvalue weighted by molar-refractivity contribution is 5.96. The predicted molar refractivity (Wildman–Crippen MR) is 97.4 cm³/mol. The Hall–Kier alpha value is -2.62. The zero-order valence-corrected chi connectivity index (χ0v) is 14.4. The van der Waals surface area contributed by atoms with Crippen molar-refractivity contribution in [2.24, 2.45) is 10.5 Å². The number of nitrogens with one attached hydrogen (secondary N) is 1. The number of hydrogen-bond donors (Lipinski definition) is 2. The Bertz CT molecular complexity index is 719. The van der Waals surface area contributed by atoms with E-state index in [0.717, 1.165) is 12.8 Å². The van der Waals surface area contributed by atoms with Crippen molar-refractivity contribution in [3.05, 3.63) is 65.2 Å². The predicted octanol–water partition coefficient (Wildman–Crippen LogP) is 3.94. The monoisotopic (exact) mass is 324 g/mol. The molecular weight excluding hydrogens is 300 g/mol. The van der Waals surface area contributed by atoms with Gasteiger partial charge in [-0.15, -0.1) is 0 Å². The summed E-state index contributed by atoms with van der Waals surface area (Å²) in [5, 5.41) is 13.7. The molecule has 0 heterocycles. The molecule has 2 aromatic rings. The maximum Gasteiger partial charge on any atom is 0.275 e. The second kappa shape index (κ2) is 7.77. The standard InChI is InChI=1S/C20H24N2O2/c1-4-15-9-11-16(12-10-15)13-20(2,3)14-21-22-19(24)17-7-5-6-8-18(17)23/h5-12,14,23H,4,13H2,1-3H3,(H,22,24)/b21-14+. The van der Waals surface area contributed by atoms with E-state index in [1.807, 2.05) is 0 Å².